The van der Waals surface area contributed by atoms with Crippen molar-refractivity contribution in [3.8, 4) is 11.8 Å². The van der Waals surface area contributed by atoms with Gasteiger partial charge in [0.1, 0.15) is 5.54 Å². The maximum atomic E-state index is 12.3. The number of hydrogen-bond acceptors (Lipinski definition) is 4. The summed E-state index contributed by atoms with van der Waals surface area (Å²) in [6.45, 7) is 9.92. The van der Waals surface area contributed by atoms with Crippen LogP contribution in [0.2, 0.25) is 0 Å². The zero-order chi connectivity index (χ0) is 19.3. The summed E-state index contributed by atoms with van der Waals surface area (Å²) in [4.78, 5) is 16.6. The maximum Gasteiger partial charge on any atom is 0.231 e. The van der Waals surface area contributed by atoms with Gasteiger partial charge in [-0.3, -0.25) is 9.36 Å². The number of imidazole rings is 1. The van der Waals surface area contributed by atoms with Crippen LogP contribution < -0.4 is 5.32 Å². The number of thioether (sulfide) groups is 1. The molecule has 5 nitrogen and oxygen atoms in total. The van der Waals surface area contributed by atoms with Crippen molar-refractivity contribution in [3.05, 3.63) is 42.2 Å². The van der Waals surface area contributed by atoms with Gasteiger partial charge in [-0.1, -0.05) is 51.6 Å². The first-order valence-electron chi connectivity index (χ1n) is 8.75. The molecule has 0 fully saturated rings. The molecule has 1 aromatic heterocycles. The minimum atomic E-state index is -0.861. The Kier molecular flexibility index (Phi) is 6.49. The second-order valence-electron chi connectivity index (χ2n) is 7.13. The first-order valence-corrected chi connectivity index (χ1v) is 9.74. The molecule has 1 amide bonds. The van der Waals surface area contributed by atoms with Crippen LogP contribution in [0.1, 0.15) is 46.1 Å². The van der Waals surface area contributed by atoms with Crippen molar-refractivity contribution < 1.29 is 4.79 Å². The third-order valence-electron chi connectivity index (χ3n) is 4.56. The van der Waals surface area contributed by atoms with Crippen molar-refractivity contribution in [2.45, 2.75) is 51.2 Å². The fourth-order valence-electron chi connectivity index (χ4n) is 2.37. The molecule has 1 aromatic carbocycles. The van der Waals surface area contributed by atoms with Crippen molar-refractivity contribution in [2.24, 2.45) is 5.92 Å². The number of amides is 1. The number of nitrogens with zero attached hydrogens (tertiary/aromatic N) is 3. The molecule has 0 saturated carbocycles. The van der Waals surface area contributed by atoms with E-state index in [1.807, 2.05) is 24.6 Å². The van der Waals surface area contributed by atoms with Crippen molar-refractivity contribution in [1.82, 2.24) is 14.9 Å². The predicted octanol–water partition coefficient (Wildman–Crippen LogP) is 4.14. The van der Waals surface area contributed by atoms with Crippen molar-refractivity contribution >= 4 is 17.7 Å². The number of nitriles is 1. The summed E-state index contributed by atoms with van der Waals surface area (Å²) in [5, 5.41) is 12.9. The molecule has 0 spiro atoms. The van der Waals surface area contributed by atoms with Crippen molar-refractivity contribution in [2.75, 3.05) is 5.75 Å². The molecule has 0 saturated heterocycles. The van der Waals surface area contributed by atoms with Gasteiger partial charge in [-0.25, -0.2) is 4.98 Å². The summed E-state index contributed by atoms with van der Waals surface area (Å²) in [5.41, 5.74) is 1.44. The second kappa shape index (κ2) is 8.41. The molecule has 0 bridgehead atoms. The maximum absolute atomic E-state index is 12.3. The summed E-state index contributed by atoms with van der Waals surface area (Å²) in [6.07, 6.45) is 3.61. The van der Waals surface area contributed by atoms with Gasteiger partial charge in [-0.05, 0) is 36.5 Å². The van der Waals surface area contributed by atoms with Gasteiger partial charge in [0.2, 0.25) is 5.91 Å². The Bertz CT molecular complexity index is 789. The van der Waals surface area contributed by atoms with Crippen LogP contribution >= 0.6 is 11.8 Å². The van der Waals surface area contributed by atoms with E-state index in [2.05, 4.69) is 54.5 Å². The molecule has 6 heteroatoms. The quantitative estimate of drug-likeness (QED) is 0.744. The molecule has 1 heterocycles. The average Bonchev–Trinajstić information content (AvgIpc) is 3.08. The minimum Gasteiger partial charge on any atom is -0.337 e. The van der Waals surface area contributed by atoms with Gasteiger partial charge in [0.05, 0.1) is 11.8 Å². The van der Waals surface area contributed by atoms with E-state index in [4.69, 9.17) is 0 Å². The monoisotopic (exact) mass is 370 g/mol. The lowest BCUT2D eigenvalue weighted by Gasteiger charge is -2.27. The molecule has 138 valence electrons. The number of rotatable bonds is 7. The Morgan fingerprint density at radius 2 is 1.96 bits per heavy atom. The van der Waals surface area contributed by atoms with Crippen molar-refractivity contribution in [1.29, 1.82) is 5.26 Å². The minimum absolute atomic E-state index is 0.0305. The molecular formula is C20H26N4OS. The van der Waals surface area contributed by atoms with Crippen LogP contribution in [0.25, 0.3) is 5.69 Å². The summed E-state index contributed by atoms with van der Waals surface area (Å²) in [7, 11) is 0. The van der Waals surface area contributed by atoms with Crippen LogP contribution in [0.4, 0.5) is 0 Å². The molecule has 1 N–H and O–H groups in total. The van der Waals surface area contributed by atoms with Crippen LogP contribution in [0, 0.1) is 17.2 Å². The molecule has 0 unspecified atom stereocenters. The Hall–Kier alpha value is -2.26. The van der Waals surface area contributed by atoms with Gasteiger partial charge < -0.3 is 5.32 Å². The predicted molar refractivity (Wildman–Crippen MR) is 105 cm³/mol. The molecular weight excluding hydrogens is 344 g/mol. The molecule has 0 radical (unpaired) electrons. The summed E-state index contributed by atoms with van der Waals surface area (Å²) >= 11 is 1.36. The lowest BCUT2D eigenvalue weighted by Crippen LogP contribution is -2.49. The van der Waals surface area contributed by atoms with E-state index < -0.39 is 5.54 Å². The second-order valence-corrected chi connectivity index (χ2v) is 8.07. The van der Waals surface area contributed by atoms with E-state index in [0.717, 1.165) is 10.8 Å². The van der Waals surface area contributed by atoms with Gasteiger partial charge in [-0.15, -0.1) is 0 Å². The SMILES string of the molecule is CC(C)c1ccc(-n2ccnc2SCC(=O)N[C@@](C)(C#N)C(C)C)cc1. The first-order chi connectivity index (χ1) is 12.3. The summed E-state index contributed by atoms with van der Waals surface area (Å²) < 4.78 is 1.97. The standard InChI is InChI=1S/C20H26N4OS/c1-14(2)16-6-8-17(9-7-16)24-11-10-22-19(24)26-12-18(25)23-20(5,13-21)15(3)4/h6-11,14-15H,12H2,1-5H3,(H,23,25)/t20-/m0/s1. The van der Waals surface area contributed by atoms with Crippen LogP contribution in [-0.2, 0) is 4.79 Å². The highest BCUT2D eigenvalue weighted by Crippen LogP contribution is 2.23. The van der Waals surface area contributed by atoms with Gasteiger partial charge in [0.25, 0.3) is 0 Å². The zero-order valence-electron chi connectivity index (χ0n) is 16.0. The third kappa shape index (κ3) is 4.67. The highest BCUT2D eigenvalue weighted by Gasteiger charge is 2.29. The molecule has 0 aliphatic heterocycles. The highest BCUT2D eigenvalue weighted by molar-refractivity contribution is 7.99. The number of aromatic nitrogens is 2. The highest BCUT2D eigenvalue weighted by atomic mass is 32.2. The van der Waals surface area contributed by atoms with E-state index in [9.17, 15) is 10.1 Å². The molecule has 0 aliphatic carbocycles. The topological polar surface area (TPSA) is 70.7 Å². The number of hydrogen-bond donors (Lipinski definition) is 1. The zero-order valence-corrected chi connectivity index (χ0v) is 16.8. The Morgan fingerprint density at radius 3 is 2.50 bits per heavy atom. The lowest BCUT2D eigenvalue weighted by molar-refractivity contribution is -0.120. The van der Waals surface area contributed by atoms with Crippen LogP contribution in [-0.4, -0.2) is 26.8 Å². The molecule has 2 aromatic rings. The van der Waals surface area contributed by atoms with Gasteiger partial charge in [-0.2, -0.15) is 5.26 Å². The average molecular weight is 371 g/mol. The summed E-state index contributed by atoms with van der Waals surface area (Å²) in [6, 6.07) is 10.5. The first kappa shape index (κ1) is 20.1. The lowest BCUT2D eigenvalue weighted by atomic mass is 9.90. The number of carbonyl (C=O) groups is 1. The molecule has 1 atom stereocenters. The largest absolute Gasteiger partial charge is 0.337 e. The van der Waals surface area contributed by atoms with Crippen LogP contribution in [0.3, 0.4) is 0 Å². The fraction of sp³-hybridized carbons (Fsp3) is 0.450. The number of benzene rings is 1. The third-order valence-corrected chi connectivity index (χ3v) is 5.53. The van der Waals surface area contributed by atoms with Gasteiger partial charge >= 0.3 is 0 Å². The van der Waals surface area contributed by atoms with E-state index >= 15 is 0 Å². The van der Waals surface area contributed by atoms with E-state index in [-0.39, 0.29) is 17.6 Å². The van der Waals surface area contributed by atoms with Gasteiger partial charge in [0, 0.05) is 18.1 Å². The number of nitrogens with one attached hydrogen (secondary N) is 1. The number of carbonyl (C=O) groups excluding carboxylic acids is 1. The smallest absolute Gasteiger partial charge is 0.231 e. The van der Waals surface area contributed by atoms with Crippen LogP contribution in [0.5, 0.6) is 0 Å². The van der Waals surface area contributed by atoms with Crippen LogP contribution in [0.15, 0.2) is 41.8 Å². The van der Waals surface area contributed by atoms with E-state index in [1.54, 1.807) is 13.1 Å². The van der Waals surface area contributed by atoms with Crippen molar-refractivity contribution in [3.63, 3.8) is 0 Å². The van der Waals surface area contributed by atoms with E-state index in [1.165, 1.54) is 17.3 Å². The summed E-state index contributed by atoms with van der Waals surface area (Å²) in [5.74, 6) is 0.561. The molecule has 26 heavy (non-hydrogen) atoms. The van der Waals surface area contributed by atoms with Gasteiger partial charge in [0.15, 0.2) is 5.16 Å². The fourth-order valence-corrected chi connectivity index (χ4v) is 3.14. The Morgan fingerprint density at radius 1 is 1.31 bits per heavy atom. The van der Waals surface area contributed by atoms with E-state index in [0.29, 0.717) is 5.92 Å². The Labute approximate surface area is 159 Å². The molecule has 2 rings (SSSR count). The molecule has 0 aliphatic rings. The normalized spacial score (nSPS) is 13.5. The Balaban J connectivity index is 2.05.